The predicted octanol–water partition coefficient (Wildman–Crippen LogP) is 3.31. The summed E-state index contributed by atoms with van der Waals surface area (Å²) in [7, 11) is 0. The fraction of sp³-hybridized carbons (Fsp3) is 0.0556. The number of amidine groups is 1. The molecule has 0 aromatic heterocycles. The summed E-state index contributed by atoms with van der Waals surface area (Å²) in [6, 6.07) is 17.4. The van der Waals surface area contributed by atoms with Gasteiger partial charge in [0.05, 0.1) is 4.91 Å². The van der Waals surface area contributed by atoms with Gasteiger partial charge >= 0.3 is 0 Å². The Balaban J connectivity index is 1.65. The molecule has 0 atom stereocenters. The minimum Gasteiger partial charge on any atom is -0.489 e. The minimum atomic E-state index is -0.245. The van der Waals surface area contributed by atoms with Crippen LogP contribution < -0.4 is 10.1 Å². The summed E-state index contributed by atoms with van der Waals surface area (Å²) < 4.78 is 5.69. The zero-order valence-corrected chi connectivity index (χ0v) is 13.4. The number of para-hydroxylation sites is 1. The highest BCUT2D eigenvalue weighted by Gasteiger charge is 2.23. The number of ether oxygens (including phenoxy) is 1. The lowest BCUT2D eigenvalue weighted by Crippen LogP contribution is -2.19. The number of thioether (sulfide) groups is 1. The maximum Gasteiger partial charge on any atom is 0.264 e. The normalized spacial score (nSPS) is 16.9. The largest absolute Gasteiger partial charge is 0.489 e. The maximum atomic E-state index is 11.8. The van der Waals surface area contributed by atoms with Crippen LogP contribution in [0.5, 0.6) is 5.75 Å². The van der Waals surface area contributed by atoms with E-state index >= 15 is 0 Å². The molecule has 1 heterocycles. The number of benzene rings is 2. The Morgan fingerprint density at radius 2 is 1.92 bits per heavy atom. The molecule has 0 aliphatic carbocycles. The van der Waals surface area contributed by atoms with E-state index in [1.165, 1.54) is 0 Å². The second-order valence-electron chi connectivity index (χ2n) is 4.93. The molecule has 5 nitrogen and oxygen atoms in total. The Labute approximate surface area is 143 Å². The summed E-state index contributed by atoms with van der Waals surface area (Å²) in [5.74, 6) is 0.581. The molecule has 0 unspecified atom stereocenters. The highest BCUT2D eigenvalue weighted by molar-refractivity contribution is 8.18. The van der Waals surface area contributed by atoms with Gasteiger partial charge in [-0.3, -0.25) is 10.1 Å². The van der Waals surface area contributed by atoms with E-state index < -0.39 is 0 Å². The van der Waals surface area contributed by atoms with Crippen molar-refractivity contribution >= 4 is 28.9 Å². The van der Waals surface area contributed by atoms with Crippen molar-refractivity contribution in [3.8, 4) is 11.9 Å². The molecule has 0 saturated carbocycles. The van der Waals surface area contributed by atoms with E-state index in [-0.39, 0.29) is 5.91 Å². The standard InChI is InChI=1S/C18H13N3O2S/c19-12-20-18-21-17(22)16(24-18)10-13-6-8-14(9-7-13)11-23-15-4-2-1-3-5-15/h1-10H,11H2,(H,20,21,22). The molecule has 1 amide bonds. The molecule has 118 valence electrons. The number of hydrogen-bond acceptors (Lipinski definition) is 5. The van der Waals surface area contributed by atoms with Crippen molar-refractivity contribution < 1.29 is 9.53 Å². The molecular weight excluding hydrogens is 322 g/mol. The number of amides is 1. The molecule has 1 saturated heterocycles. The van der Waals surface area contributed by atoms with E-state index in [0.717, 1.165) is 28.6 Å². The van der Waals surface area contributed by atoms with E-state index in [0.29, 0.717) is 16.7 Å². The molecule has 6 heteroatoms. The van der Waals surface area contributed by atoms with Gasteiger partial charge in [0.1, 0.15) is 12.4 Å². The van der Waals surface area contributed by atoms with Crippen LogP contribution in [-0.2, 0) is 11.4 Å². The molecular formula is C18H13N3O2S. The van der Waals surface area contributed by atoms with E-state index in [1.54, 1.807) is 12.3 Å². The van der Waals surface area contributed by atoms with Gasteiger partial charge in [-0.2, -0.15) is 5.26 Å². The lowest BCUT2D eigenvalue weighted by Gasteiger charge is -2.06. The van der Waals surface area contributed by atoms with Crippen LogP contribution in [0.25, 0.3) is 6.08 Å². The van der Waals surface area contributed by atoms with Crippen LogP contribution >= 0.6 is 11.8 Å². The molecule has 3 rings (SSSR count). The number of carbonyl (C=O) groups is 1. The average molecular weight is 335 g/mol. The van der Waals surface area contributed by atoms with Crippen molar-refractivity contribution in [2.24, 2.45) is 4.99 Å². The van der Waals surface area contributed by atoms with Crippen LogP contribution in [0.2, 0.25) is 0 Å². The van der Waals surface area contributed by atoms with Gasteiger partial charge in [-0.1, -0.05) is 42.5 Å². The Morgan fingerprint density at radius 3 is 2.62 bits per heavy atom. The van der Waals surface area contributed by atoms with Crippen molar-refractivity contribution in [2.75, 3.05) is 0 Å². The molecule has 0 bridgehead atoms. The number of carbonyl (C=O) groups excluding carboxylic acids is 1. The van der Waals surface area contributed by atoms with Crippen molar-refractivity contribution in [1.82, 2.24) is 5.32 Å². The van der Waals surface area contributed by atoms with Crippen LogP contribution in [-0.4, -0.2) is 11.1 Å². The van der Waals surface area contributed by atoms with Gasteiger partial charge in [0, 0.05) is 0 Å². The van der Waals surface area contributed by atoms with Crippen molar-refractivity contribution in [2.45, 2.75) is 6.61 Å². The third-order valence-corrected chi connectivity index (χ3v) is 4.14. The molecule has 0 spiro atoms. The molecule has 1 fully saturated rings. The van der Waals surface area contributed by atoms with Crippen molar-refractivity contribution in [1.29, 1.82) is 5.26 Å². The van der Waals surface area contributed by atoms with Gasteiger partial charge in [0.25, 0.3) is 5.91 Å². The number of nitriles is 1. The minimum absolute atomic E-state index is 0.245. The van der Waals surface area contributed by atoms with Crippen LogP contribution in [0, 0.1) is 11.5 Å². The molecule has 0 radical (unpaired) electrons. The van der Waals surface area contributed by atoms with E-state index in [1.807, 2.05) is 54.6 Å². The molecule has 2 aromatic carbocycles. The number of hydrogen-bond donors (Lipinski definition) is 1. The summed E-state index contributed by atoms with van der Waals surface area (Å²) in [5, 5.41) is 11.4. The third kappa shape index (κ3) is 4.03. The van der Waals surface area contributed by atoms with Crippen molar-refractivity contribution in [3.63, 3.8) is 0 Å². The lowest BCUT2D eigenvalue weighted by molar-refractivity contribution is -0.115. The summed E-state index contributed by atoms with van der Waals surface area (Å²) in [4.78, 5) is 15.8. The first kappa shape index (κ1) is 15.8. The number of rotatable bonds is 4. The lowest BCUT2D eigenvalue weighted by atomic mass is 10.1. The predicted molar refractivity (Wildman–Crippen MR) is 94.0 cm³/mol. The highest BCUT2D eigenvalue weighted by Crippen LogP contribution is 2.26. The van der Waals surface area contributed by atoms with Gasteiger partial charge in [-0.15, -0.1) is 4.99 Å². The summed E-state index contributed by atoms with van der Waals surface area (Å²) in [6.45, 7) is 0.481. The molecule has 1 N–H and O–H groups in total. The Bertz CT molecular complexity index is 837. The van der Waals surface area contributed by atoms with Crippen molar-refractivity contribution in [3.05, 3.63) is 70.6 Å². The number of nitrogens with one attached hydrogen (secondary N) is 1. The smallest absolute Gasteiger partial charge is 0.264 e. The van der Waals surface area contributed by atoms with Gasteiger partial charge in [-0.25, -0.2) is 0 Å². The summed E-state index contributed by atoms with van der Waals surface area (Å²) in [6.07, 6.45) is 3.43. The van der Waals surface area contributed by atoms with Gasteiger partial charge in [-0.05, 0) is 41.1 Å². The Kier molecular flexibility index (Phi) is 4.94. The SMILES string of the molecule is N#CN=C1NC(=O)C(=Cc2ccc(COc3ccccc3)cc2)S1. The van der Waals surface area contributed by atoms with Crippen LogP contribution in [0.3, 0.4) is 0 Å². The number of aliphatic imine (C=N–C) groups is 1. The van der Waals surface area contributed by atoms with Crippen LogP contribution in [0.4, 0.5) is 0 Å². The Morgan fingerprint density at radius 1 is 1.17 bits per heavy atom. The topological polar surface area (TPSA) is 74.5 Å². The second-order valence-corrected chi connectivity index (χ2v) is 5.96. The first-order valence-electron chi connectivity index (χ1n) is 7.19. The number of nitrogens with zero attached hydrogens (tertiary/aromatic N) is 2. The van der Waals surface area contributed by atoms with E-state index in [9.17, 15) is 4.79 Å². The molecule has 2 aromatic rings. The molecule has 1 aliphatic heterocycles. The zero-order chi connectivity index (χ0) is 16.8. The summed E-state index contributed by atoms with van der Waals surface area (Å²) in [5.41, 5.74) is 1.94. The van der Waals surface area contributed by atoms with E-state index in [4.69, 9.17) is 10.00 Å². The average Bonchev–Trinajstić information content (AvgIpc) is 2.95. The first-order valence-corrected chi connectivity index (χ1v) is 8.01. The van der Waals surface area contributed by atoms with Crippen LogP contribution in [0.15, 0.2) is 64.5 Å². The second kappa shape index (κ2) is 7.49. The zero-order valence-electron chi connectivity index (χ0n) is 12.6. The van der Waals surface area contributed by atoms with E-state index in [2.05, 4.69) is 10.3 Å². The van der Waals surface area contributed by atoms with Gasteiger partial charge in [0.15, 0.2) is 5.17 Å². The Hall–Kier alpha value is -3.04. The monoisotopic (exact) mass is 335 g/mol. The quantitative estimate of drug-likeness (QED) is 0.687. The molecule has 1 aliphatic rings. The fourth-order valence-electron chi connectivity index (χ4n) is 2.07. The maximum absolute atomic E-state index is 11.8. The summed E-state index contributed by atoms with van der Waals surface area (Å²) >= 11 is 1.15. The molecule has 24 heavy (non-hydrogen) atoms. The van der Waals surface area contributed by atoms with Gasteiger partial charge < -0.3 is 4.74 Å². The fourth-order valence-corrected chi connectivity index (χ4v) is 2.85. The highest BCUT2D eigenvalue weighted by atomic mass is 32.2. The third-order valence-electron chi connectivity index (χ3n) is 3.23. The first-order chi connectivity index (χ1) is 11.7. The van der Waals surface area contributed by atoms with Gasteiger partial charge in [0.2, 0.25) is 6.19 Å². The van der Waals surface area contributed by atoms with Crippen LogP contribution in [0.1, 0.15) is 11.1 Å².